The standard InChI is InChI=1S/C11H12N4O2S/c16-10(6-15-4-1-3-12-15)14-11-13-8-2-5-17-7-9(8)18-11/h1,3-4H,2,5-7H2,(H,13,14,16). The normalized spacial score (nSPS) is 14.2. The maximum Gasteiger partial charge on any atom is 0.247 e. The van der Waals surface area contributed by atoms with Crippen molar-refractivity contribution in [3.8, 4) is 0 Å². The molecule has 0 bridgehead atoms. The van der Waals surface area contributed by atoms with Crippen molar-refractivity contribution >= 4 is 22.4 Å². The Morgan fingerprint density at radius 2 is 2.56 bits per heavy atom. The maximum atomic E-state index is 11.8. The molecule has 94 valence electrons. The van der Waals surface area contributed by atoms with Crippen molar-refractivity contribution in [2.75, 3.05) is 11.9 Å². The van der Waals surface area contributed by atoms with Crippen molar-refractivity contribution in [2.45, 2.75) is 19.6 Å². The second-order valence-electron chi connectivity index (χ2n) is 3.94. The van der Waals surface area contributed by atoms with Crippen LogP contribution in [0.5, 0.6) is 0 Å². The van der Waals surface area contributed by atoms with E-state index in [9.17, 15) is 4.79 Å². The number of thiazole rings is 1. The molecule has 2 aromatic heterocycles. The molecule has 2 aromatic rings. The van der Waals surface area contributed by atoms with Gasteiger partial charge in [-0.15, -0.1) is 0 Å². The molecule has 0 atom stereocenters. The number of ether oxygens (including phenoxy) is 1. The van der Waals surface area contributed by atoms with Gasteiger partial charge in [-0.25, -0.2) is 4.98 Å². The molecule has 0 aromatic carbocycles. The van der Waals surface area contributed by atoms with Crippen molar-refractivity contribution in [3.05, 3.63) is 29.0 Å². The Bertz CT molecular complexity index is 526. The van der Waals surface area contributed by atoms with E-state index in [4.69, 9.17) is 4.74 Å². The summed E-state index contributed by atoms with van der Waals surface area (Å²) in [5.74, 6) is -0.120. The van der Waals surface area contributed by atoms with Crippen molar-refractivity contribution in [1.29, 1.82) is 0 Å². The van der Waals surface area contributed by atoms with E-state index < -0.39 is 0 Å². The molecule has 1 N–H and O–H groups in total. The average Bonchev–Trinajstić information content (AvgIpc) is 2.96. The first-order valence-electron chi connectivity index (χ1n) is 5.65. The molecular formula is C11H12N4O2S. The highest BCUT2D eigenvalue weighted by Gasteiger charge is 2.16. The third-order valence-electron chi connectivity index (χ3n) is 2.61. The van der Waals surface area contributed by atoms with E-state index in [0.29, 0.717) is 18.3 Å². The monoisotopic (exact) mass is 264 g/mol. The second kappa shape index (κ2) is 4.87. The van der Waals surface area contributed by atoms with E-state index in [1.807, 2.05) is 0 Å². The first kappa shape index (κ1) is 11.4. The minimum Gasteiger partial charge on any atom is -0.375 e. The smallest absolute Gasteiger partial charge is 0.247 e. The molecule has 1 aliphatic rings. The number of rotatable bonds is 3. The van der Waals surface area contributed by atoms with E-state index in [1.54, 1.807) is 23.1 Å². The van der Waals surface area contributed by atoms with Gasteiger partial charge in [-0.05, 0) is 6.07 Å². The third kappa shape index (κ3) is 2.41. The summed E-state index contributed by atoms with van der Waals surface area (Å²) < 4.78 is 6.92. The Kier molecular flexibility index (Phi) is 3.07. The molecule has 6 nitrogen and oxygen atoms in total. The number of carbonyl (C=O) groups excluding carboxylic acids is 1. The molecule has 7 heteroatoms. The van der Waals surface area contributed by atoms with Crippen LogP contribution in [0.4, 0.5) is 5.13 Å². The number of hydrogen-bond donors (Lipinski definition) is 1. The Morgan fingerprint density at radius 1 is 1.61 bits per heavy atom. The molecule has 0 spiro atoms. The summed E-state index contributed by atoms with van der Waals surface area (Å²) in [4.78, 5) is 17.3. The number of hydrogen-bond acceptors (Lipinski definition) is 5. The van der Waals surface area contributed by atoms with Gasteiger partial charge in [0.05, 0.1) is 23.8 Å². The molecule has 0 radical (unpaired) electrons. The Morgan fingerprint density at radius 3 is 3.33 bits per heavy atom. The van der Waals surface area contributed by atoms with Crippen LogP contribution >= 0.6 is 11.3 Å². The fourth-order valence-corrected chi connectivity index (χ4v) is 2.74. The zero-order chi connectivity index (χ0) is 12.4. The number of aromatic nitrogens is 3. The fourth-order valence-electron chi connectivity index (χ4n) is 1.78. The molecule has 1 amide bonds. The predicted octanol–water partition coefficient (Wildman–Crippen LogP) is 1.05. The zero-order valence-electron chi connectivity index (χ0n) is 9.63. The van der Waals surface area contributed by atoms with Gasteiger partial charge in [0.2, 0.25) is 5.91 Å². The van der Waals surface area contributed by atoms with Crippen LogP contribution in [-0.2, 0) is 29.1 Å². The van der Waals surface area contributed by atoms with Gasteiger partial charge >= 0.3 is 0 Å². The van der Waals surface area contributed by atoms with E-state index in [-0.39, 0.29) is 12.5 Å². The molecule has 0 saturated carbocycles. The van der Waals surface area contributed by atoms with Gasteiger partial charge in [-0.1, -0.05) is 11.3 Å². The average molecular weight is 264 g/mol. The molecular weight excluding hydrogens is 252 g/mol. The number of amides is 1. The summed E-state index contributed by atoms with van der Waals surface area (Å²) in [6.45, 7) is 1.51. The SMILES string of the molecule is O=C(Cn1cccn1)Nc1nc2c(s1)COCC2. The lowest BCUT2D eigenvalue weighted by Crippen LogP contribution is -2.18. The van der Waals surface area contributed by atoms with Gasteiger partial charge in [0.15, 0.2) is 5.13 Å². The molecule has 0 unspecified atom stereocenters. The number of carbonyl (C=O) groups is 1. The molecule has 3 rings (SSSR count). The lowest BCUT2D eigenvalue weighted by Gasteiger charge is -2.08. The Balaban J connectivity index is 1.65. The summed E-state index contributed by atoms with van der Waals surface area (Å²) in [5.41, 5.74) is 1.04. The summed E-state index contributed by atoms with van der Waals surface area (Å²) >= 11 is 1.48. The van der Waals surface area contributed by atoms with Crippen LogP contribution in [0.2, 0.25) is 0 Å². The molecule has 1 aliphatic heterocycles. The lowest BCUT2D eigenvalue weighted by molar-refractivity contribution is -0.116. The predicted molar refractivity (Wildman–Crippen MR) is 66.3 cm³/mol. The van der Waals surface area contributed by atoms with Crippen molar-refractivity contribution in [3.63, 3.8) is 0 Å². The van der Waals surface area contributed by atoms with Crippen LogP contribution in [-0.4, -0.2) is 27.3 Å². The third-order valence-corrected chi connectivity index (χ3v) is 3.59. The van der Waals surface area contributed by atoms with Crippen LogP contribution in [0.15, 0.2) is 18.5 Å². The highest BCUT2D eigenvalue weighted by Crippen LogP contribution is 2.26. The van der Waals surface area contributed by atoms with Gasteiger partial charge in [-0.3, -0.25) is 9.48 Å². The lowest BCUT2D eigenvalue weighted by atomic mass is 10.2. The highest BCUT2D eigenvalue weighted by atomic mass is 32.1. The van der Waals surface area contributed by atoms with Crippen LogP contribution < -0.4 is 5.32 Å². The van der Waals surface area contributed by atoms with Gasteiger partial charge < -0.3 is 10.1 Å². The number of nitrogens with one attached hydrogen (secondary N) is 1. The van der Waals surface area contributed by atoms with Crippen LogP contribution in [0, 0.1) is 0 Å². The first-order chi connectivity index (χ1) is 8.81. The first-order valence-corrected chi connectivity index (χ1v) is 6.46. The summed E-state index contributed by atoms with van der Waals surface area (Å²) in [6.07, 6.45) is 4.22. The van der Waals surface area contributed by atoms with Gasteiger partial charge in [-0.2, -0.15) is 5.10 Å². The fraction of sp³-hybridized carbons (Fsp3) is 0.364. The van der Waals surface area contributed by atoms with Gasteiger partial charge in [0.1, 0.15) is 6.54 Å². The van der Waals surface area contributed by atoms with E-state index in [2.05, 4.69) is 15.4 Å². The van der Waals surface area contributed by atoms with Crippen molar-refractivity contribution in [1.82, 2.24) is 14.8 Å². The molecule has 0 fully saturated rings. The second-order valence-corrected chi connectivity index (χ2v) is 5.03. The largest absolute Gasteiger partial charge is 0.375 e. The molecule has 3 heterocycles. The quantitative estimate of drug-likeness (QED) is 0.899. The zero-order valence-corrected chi connectivity index (χ0v) is 10.4. The van der Waals surface area contributed by atoms with E-state index in [1.165, 1.54) is 11.3 Å². The molecule has 0 saturated heterocycles. The van der Waals surface area contributed by atoms with Crippen LogP contribution in [0.3, 0.4) is 0 Å². The van der Waals surface area contributed by atoms with Crippen LogP contribution in [0.1, 0.15) is 10.6 Å². The Hall–Kier alpha value is -1.73. The number of fused-ring (bicyclic) bond motifs is 1. The van der Waals surface area contributed by atoms with E-state index >= 15 is 0 Å². The minimum atomic E-state index is -0.120. The summed E-state index contributed by atoms with van der Waals surface area (Å²) in [5, 5.41) is 7.41. The summed E-state index contributed by atoms with van der Waals surface area (Å²) in [7, 11) is 0. The van der Waals surface area contributed by atoms with Crippen molar-refractivity contribution in [2.24, 2.45) is 0 Å². The molecule has 0 aliphatic carbocycles. The minimum absolute atomic E-state index is 0.120. The highest BCUT2D eigenvalue weighted by molar-refractivity contribution is 7.15. The van der Waals surface area contributed by atoms with Crippen LogP contribution in [0.25, 0.3) is 0 Å². The molecule has 18 heavy (non-hydrogen) atoms. The summed E-state index contributed by atoms with van der Waals surface area (Å²) in [6, 6.07) is 1.78. The van der Waals surface area contributed by atoms with Gasteiger partial charge in [0.25, 0.3) is 0 Å². The van der Waals surface area contributed by atoms with E-state index in [0.717, 1.165) is 17.0 Å². The Labute approximate surface area is 108 Å². The maximum absolute atomic E-state index is 11.8. The van der Waals surface area contributed by atoms with Gasteiger partial charge in [0, 0.05) is 18.8 Å². The van der Waals surface area contributed by atoms with Crippen molar-refractivity contribution < 1.29 is 9.53 Å². The topological polar surface area (TPSA) is 69.0 Å². The number of anilines is 1. The number of nitrogens with zero attached hydrogens (tertiary/aromatic N) is 3.